The maximum atomic E-state index is 12.3. The van der Waals surface area contributed by atoms with E-state index in [2.05, 4.69) is 6.92 Å². The molecule has 0 amide bonds. The van der Waals surface area contributed by atoms with Gasteiger partial charge in [0, 0.05) is 24.0 Å². The van der Waals surface area contributed by atoms with Gasteiger partial charge in [-0.3, -0.25) is 0 Å². The van der Waals surface area contributed by atoms with Crippen LogP contribution in [0.5, 0.6) is 0 Å². The van der Waals surface area contributed by atoms with Gasteiger partial charge in [0.15, 0.2) is 6.29 Å². The molecule has 0 aromatic heterocycles. The largest absolute Gasteiger partial charge is 0.458 e. The Bertz CT molecular complexity index is 785. The van der Waals surface area contributed by atoms with E-state index < -0.39 is 11.7 Å². The Hall–Kier alpha value is -0.950. The Kier molecular flexibility index (Phi) is 4.14. The highest BCUT2D eigenvalue weighted by Gasteiger charge is 2.72. The second-order valence-electron chi connectivity index (χ2n) is 11.1. The van der Waals surface area contributed by atoms with Crippen LogP contribution in [0.15, 0.2) is 11.6 Å². The molecule has 7 aliphatic rings. The molecule has 0 radical (unpaired) electrons. The maximum Gasteiger partial charge on any atom is 0.331 e. The minimum Gasteiger partial charge on any atom is -0.458 e. The summed E-state index contributed by atoms with van der Waals surface area (Å²) in [5, 5.41) is 23.1. The molecule has 2 bridgehead atoms. The fourth-order valence-electron chi connectivity index (χ4n) is 9.24. The van der Waals surface area contributed by atoms with Crippen LogP contribution < -0.4 is 0 Å². The van der Waals surface area contributed by atoms with Gasteiger partial charge in [-0.15, -0.1) is 0 Å². The molecule has 0 aromatic carbocycles. The first-order valence-electron chi connectivity index (χ1n) is 11.8. The van der Waals surface area contributed by atoms with Crippen LogP contribution in [-0.2, 0) is 19.0 Å². The Balaban J connectivity index is 1.38. The first kappa shape index (κ1) is 19.7. The van der Waals surface area contributed by atoms with Crippen molar-refractivity contribution >= 4 is 5.97 Å². The number of ether oxygens (including phenoxy) is 3. The Labute approximate surface area is 177 Å². The molecule has 2 N–H and O–H groups in total. The van der Waals surface area contributed by atoms with E-state index >= 15 is 0 Å². The average Bonchev–Trinajstić information content (AvgIpc) is 3.27. The summed E-state index contributed by atoms with van der Waals surface area (Å²) in [5.41, 5.74) is -0.141. The molecular formula is C24H34O6. The van der Waals surface area contributed by atoms with Gasteiger partial charge in [0.05, 0.1) is 17.8 Å². The zero-order valence-electron chi connectivity index (χ0n) is 18.0. The highest BCUT2D eigenvalue weighted by molar-refractivity contribution is 5.85. The van der Waals surface area contributed by atoms with Gasteiger partial charge in [-0.05, 0) is 80.6 Å². The molecule has 3 aliphatic heterocycles. The predicted octanol–water partition coefficient (Wildman–Crippen LogP) is 2.57. The Morgan fingerprint density at radius 1 is 1.17 bits per heavy atom. The van der Waals surface area contributed by atoms with Crippen molar-refractivity contribution in [1.82, 2.24) is 0 Å². The molecule has 6 fully saturated rings. The van der Waals surface area contributed by atoms with Gasteiger partial charge in [0.25, 0.3) is 0 Å². The lowest BCUT2D eigenvalue weighted by Crippen LogP contribution is -2.70. The summed E-state index contributed by atoms with van der Waals surface area (Å²) < 4.78 is 17.3. The van der Waals surface area contributed by atoms with Crippen LogP contribution in [0, 0.1) is 34.5 Å². The topological polar surface area (TPSA) is 85.2 Å². The zero-order valence-corrected chi connectivity index (χ0v) is 18.0. The van der Waals surface area contributed by atoms with Crippen LogP contribution in [0.2, 0.25) is 0 Å². The molecular weight excluding hydrogens is 384 g/mol. The van der Waals surface area contributed by atoms with Crippen molar-refractivity contribution in [3.63, 3.8) is 0 Å². The minimum atomic E-state index is -0.760. The summed E-state index contributed by atoms with van der Waals surface area (Å²) in [4.78, 5) is 11.7. The summed E-state index contributed by atoms with van der Waals surface area (Å²) in [6, 6.07) is 0. The van der Waals surface area contributed by atoms with Crippen molar-refractivity contribution in [1.29, 1.82) is 0 Å². The second-order valence-corrected chi connectivity index (χ2v) is 11.1. The normalized spacial score (nSPS) is 56.7. The first-order valence-corrected chi connectivity index (χ1v) is 11.8. The highest BCUT2D eigenvalue weighted by Crippen LogP contribution is 2.72. The number of esters is 1. The molecule has 6 heteroatoms. The predicted molar refractivity (Wildman–Crippen MR) is 107 cm³/mol. The summed E-state index contributed by atoms with van der Waals surface area (Å²) in [6.45, 7) is 2.62. The van der Waals surface area contributed by atoms with E-state index in [9.17, 15) is 15.0 Å². The molecule has 2 saturated heterocycles. The Morgan fingerprint density at radius 2 is 2.00 bits per heavy atom. The van der Waals surface area contributed by atoms with Crippen LogP contribution in [-0.4, -0.2) is 54.0 Å². The van der Waals surface area contributed by atoms with Gasteiger partial charge in [-0.25, -0.2) is 4.79 Å². The molecule has 0 aromatic rings. The molecule has 7 rings (SSSR count). The van der Waals surface area contributed by atoms with Gasteiger partial charge in [0.2, 0.25) is 0 Å². The summed E-state index contributed by atoms with van der Waals surface area (Å²) in [7, 11) is 1.73. The van der Waals surface area contributed by atoms with Crippen LogP contribution in [0.4, 0.5) is 0 Å². The summed E-state index contributed by atoms with van der Waals surface area (Å²) in [5.74, 6) is 0.931. The van der Waals surface area contributed by atoms with Crippen LogP contribution in [0.25, 0.3) is 0 Å². The molecule has 30 heavy (non-hydrogen) atoms. The van der Waals surface area contributed by atoms with E-state index in [1.807, 2.05) is 0 Å². The quantitative estimate of drug-likeness (QED) is 0.671. The third kappa shape index (κ3) is 2.21. The molecule has 1 spiro atoms. The molecule has 10 atom stereocenters. The summed E-state index contributed by atoms with van der Waals surface area (Å²) in [6.07, 6.45) is 8.18. The lowest BCUT2D eigenvalue weighted by Gasteiger charge is -2.68. The fourth-order valence-corrected chi connectivity index (χ4v) is 9.24. The standard InChI is InChI=1S/C24H34O6/c1-22-7-5-16-17(24(22,27)8-6-15(22)13-9-20(26)29-12-13)4-3-14-10-19-18(25)11-23(14,16)21(28-2)30-19/h9,14-19,21,25,27H,3-8,10-12H2,1-2H3/t14-,15+,16-,17+,18+,19+,21-,22+,23+,24-/m0/s1. The third-order valence-corrected chi connectivity index (χ3v) is 10.5. The first-order chi connectivity index (χ1) is 14.3. The van der Waals surface area contributed by atoms with E-state index in [1.165, 1.54) is 0 Å². The highest BCUT2D eigenvalue weighted by atomic mass is 16.7. The van der Waals surface area contributed by atoms with Gasteiger partial charge >= 0.3 is 5.97 Å². The van der Waals surface area contributed by atoms with E-state index in [4.69, 9.17) is 14.2 Å². The number of hydrogen-bond donors (Lipinski definition) is 2. The number of methoxy groups -OCH3 is 1. The number of carbonyl (C=O) groups is 1. The molecule has 3 heterocycles. The zero-order chi connectivity index (χ0) is 20.9. The van der Waals surface area contributed by atoms with Crippen LogP contribution in [0.3, 0.4) is 0 Å². The number of fused-ring (bicyclic) bond motifs is 5. The molecule has 4 saturated carbocycles. The van der Waals surface area contributed by atoms with Crippen molar-refractivity contribution in [2.75, 3.05) is 13.7 Å². The number of aliphatic hydroxyl groups is 2. The van der Waals surface area contributed by atoms with Crippen molar-refractivity contribution in [3.8, 4) is 0 Å². The van der Waals surface area contributed by atoms with Crippen molar-refractivity contribution in [2.24, 2.45) is 34.5 Å². The van der Waals surface area contributed by atoms with Crippen molar-refractivity contribution < 1.29 is 29.2 Å². The van der Waals surface area contributed by atoms with E-state index in [1.54, 1.807) is 13.2 Å². The molecule has 4 aliphatic carbocycles. The van der Waals surface area contributed by atoms with E-state index in [0.717, 1.165) is 56.9 Å². The SMILES string of the molecule is CO[C@H]1O[C@@H]2C[C@@H]3CC[C@@H]4[C@H](CC[C@]5(C)[C@@H](C6=CC(=O)OC6)CC[C@]45O)[C@@]31C[C@H]2O. The molecule has 6 nitrogen and oxygen atoms in total. The lowest BCUT2D eigenvalue weighted by atomic mass is 9.41. The smallest absolute Gasteiger partial charge is 0.331 e. The Morgan fingerprint density at radius 3 is 2.73 bits per heavy atom. The minimum absolute atomic E-state index is 0.113. The van der Waals surface area contributed by atoms with Gasteiger partial charge in [-0.1, -0.05) is 6.92 Å². The fraction of sp³-hybridized carbons (Fsp3) is 0.875. The number of cyclic esters (lactones) is 1. The van der Waals surface area contributed by atoms with Crippen LogP contribution in [0.1, 0.15) is 58.3 Å². The van der Waals surface area contributed by atoms with Crippen LogP contribution >= 0.6 is 0 Å². The summed E-state index contributed by atoms with van der Waals surface area (Å²) >= 11 is 0. The van der Waals surface area contributed by atoms with E-state index in [-0.39, 0.29) is 41.0 Å². The number of aliphatic hydroxyl groups excluding tert-OH is 1. The van der Waals surface area contributed by atoms with Gasteiger partial charge in [-0.2, -0.15) is 0 Å². The second kappa shape index (κ2) is 6.31. The number of rotatable bonds is 2. The number of hydrogen-bond acceptors (Lipinski definition) is 6. The maximum absolute atomic E-state index is 12.3. The van der Waals surface area contributed by atoms with Crippen molar-refractivity contribution in [3.05, 3.63) is 11.6 Å². The van der Waals surface area contributed by atoms with E-state index in [0.29, 0.717) is 18.4 Å². The lowest BCUT2D eigenvalue weighted by molar-refractivity contribution is -0.361. The van der Waals surface area contributed by atoms with Gasteiger partial charge < -0.3 is 24.4 Å². The monoisotopic (exact) mass is 418 g/mol. The third-order valence-electron chi connectivity index (χ3n) is 10.5. The van der Waals surface area contributed by atoms with Gasteiger partial charge in [0.1, 0.15) is 6.61 Å². The number of carbonyl (C=O) groups excluding carboxylic acids is 1. The molecule has 166 valence electrons. The van der Waals surface area contributed by atoms with Crippen molar-refractivity contribution in [2.45, 2.75) is 82.4 Å². The molecule has 0 unspecified atom stereocenters. The average molecular weight is 419 g/mol.